The van der Waals surface area contributed by atoms with Gasteiger partial charge < -0.3 is 4.55 Å². The third kappa shape index (κ3) is 7.37. The van der Waals surface area contributed by atoms with Gasteiger partial charge in [-0.15, -0.1) is 0 Å². The fourth-order valence-electron chi connectivity index (χ4n) is 2.87. The SMILES string of the molecule is COS(=O)(=O)[O-].Cc1c(C)c(C)c(N=Nc2n(C)c(C)c(C)[n+]2C)c(C)c1C.[He].[He].[He]. The van der Waals surface area contributed by atoms with E-state index in [4.69, 9.17) is 0 Å². The van der Waals surface area contributed by atoms with E-state index >= 15 is 0 Å². The molecule has 8 nitrogen and oxygen atoms in total. The summed E-state index contributed by atoms with van der Waals surface area (Å²) in [6.07, 6.45) is 0. The van der Waals surface area contributed by atoms with Crippen molar-refractivity contribution >= 4 is 22.0 Å². The predicted molar refractivity (Wildman–Crippen MR) is 107 cm³/mol. The molecule has 0 fully saturated rings. The van der Waals surface area contributed by atoms with Gasteiger partial charge in [-0.2, -0.15) is 0 Å². The van der Waals surface area contributed by atoms with Gasteiger partial charge in [0.15, 0.2) is 0 Å². The Kier molecular flexibility index (Phi) is 13.4. The van der Waals surface area contributed by atoms with Crippen LogP contribution in [0.4, 0.5) is 11.6 Å². The van der Waals surface area contributed by atoms with Crippen LogP contribution in [-0.4, -0.2) is 24.6 Å². The standard InChI is InChI=1S/C18H27N4.CH4O4S.3He/c1-10-11(2)13(4)17(14(5)12(10)3)19-20-18-21(8)15(6)16(7)22(18)9;1-5-6(2,3)4;;;/h1-9H3;1H3,(H,2,3,4);;;/q+1;;;;/p-1. The third-order valence-electron chi connectivity index (χ3n) is 5.53. The van der Waals surface area contributed by atoms with E-state index in [1.54, 1.807) is 0 Å². The van der Waals surface area contributed by atoms with E-state index in [0.29, 0.717) is 0 Å². The molecule has 0 unspecified atom stereocenters. The molecule has 31 heavy (non-hydrogen) atoms. The molecule has 12 heteroatoms. The Hall–Kier alpha value is -2.37. The van der Waals surface area contributed by atoms with Gasteiger partial charge >= 0.3 is 5.95 Å². The maximum absolute atomic E-state index is 9.22. The topological polar surface area (TPSA) is 100.0 Å². The second-order valence-corrected chi connectivity index (χ2v) is 7.99. The van der Waals surface area contributed by atoms with E-state index in [9.17, 15) is 13.0 Å². The molecule has 2 aromatic rings. The van der Waals surface area contributed by atoms with Crippen molar-refractivity contribution in [3.05, 3.63) is 39.2 Å². The normalized spacial score (nSPS) is 10.5. The molecule has 0 saturated heterocycles. The van der Waals surface area contributed by atoms with Crippen LogP contribution in [0.25, 0.3) is 0 Å². The molecule has 0 aliphatic rings. The maximum atomic E-state index is 9.22. The van der Waals surface area contributed by atoms with E-state index in [2.05, 4.69) is 72.0 Å². The van der Waals surface area contributed by atoms with Crippen LogP contribution in [-0.2, 0) is 28.7 Å². The van der Waals surface area contributed by atoms with Gasteiger partial charge in [0.25, 0.3) is 0 Å². The monoisotopic (exact) mass is 422 g/mol. The van der Waals surface area contributed by atoms with E-state index in [1.807, 2.05) is 14.1 Å². The van der Waals surface area contributed by atoms with Crippen molar-refractivity contribution in [2.75, 3.05) is 7.11 Å². The van der Waals surface area contributed by atoms with Gasteiger partial charge in [0.1, 0.15) is 17.1 Å². The predicted octanol–water partition coefficient (Wildman–Crippen LogP) is 3.52. The zero-order valence-corrected chi connectivity index (χ0v) is 21.3. The van der Waals surface area contributed by atoms with Gasteiger partial charge in [-0.1, -0.05) is 5.11 Å². The second-order valence-electron chi connectivity index (χ2n) is 6.84. The summed E-state index contributed by atoms with van der Waals surface area (Å²) in [6, 6.07) is 0. The fourth-order valence-corrected chi connectivity index (χ4v) is 2.87. The molecule has 0 aliphatic heterocycles. The average molecular weight is 423 g/mol. The number of benzene rings is 1. The fraction of sp³-hybridized carbons (Fsp3) is 0.526. The Morgan fingerprint density at radius 2 is 1.19 bits per heavy atom. The number of hydrogen-bond acceptors (Lipinski definition) is 6. The number of imidazole rings is 1. The molecule has 0 radical (unpaired) electrons. The molecule has 1 aromatic carbocycles. The van der Waals surface area contributed by atoms with Crippen molar-refractivity contribution in [2.45, 2.75) is 48.5 Å². The van der Waals surface area contributed by atoms with E-state index in [-0.39, 0.29) is 18.5 Å². The van der Waals surface area contributed by atoms with Crippen molar-refractivity contribution in [2.24, 2.45) is 24.3 Å². The number of rotatable bonds is 3. The summed E-state index contributed by atoms with van der Waals surface area (Å²) in [5.74, 6) is 0.865. The minimum atomic E-state index is -4.41. The summed E-state index contributed by atoms with van der Waals surface area (Å²) in [6.45, 7) is 15.0. The van der Waals surface area contributed by atoms with E-state index < -0.39 is 10.4 Å². The van der Waals surface area contributed by atoms with Crippen LogP contribution in [0.1, 0.15) is 39.2 Å². The molecule has 0 amide bonds. The summed E-state index contributed by atoms with van der Waals surface area (Å²) in [5.41, 5.74) is 9.81. The van der Waals surface area contributed by atoms with Crippen LogP contribution in [0.2, 0.25) is 0 Å². The van der Waals surface area contributed by atoms with Gasteiger partial charge in [-0.25, -0.2) is 17.6 Å². The largest absolute Gasteiger partial charge is 0.726 e. The zero-order chi connectivity index (χ0) is 22.0. The first kappa shape index (κ1) is 33.3. The molecule has 0 saturated carbocycles. The molecule has 0 bridgehead atoms. The molecule has 1 heterocycles. The summed E-state index contributed by atoms with van der Waals surface area (Å²) in [7, 11) is 0.455. The minimum absolute atomic E-state index is 0. The summed E-state index contributed by atoms with van der Waals surface area (Å²) >= 11 is 0. The molecule has 0 atom stereocenters. The Morgan fingerprint density at radius 3 is 1.48 bits per heavy atom. The Bertz CT molecular complexity index is 981. The first-order valence-corrected chi connectivity index (χ1v) is 10.1. The molecule has 0 aliphatic carbocycles. The number of azo groups is 1. The minimum Gasteiger partial charge on any atom is -0.726 e. The second kappa shape index (κ2) is 12.5. The van der Waals surface area contributed by atoms with Crippen molar-refractivity contribution in [1.29, 1.82) is 0 Å². The maximum Gasteiger partial charge on any atom is 0.421 e. The van der Waals surface area contributed by atoms with Gasteiger partial charge in [-0.05, 0) is 76.3 Å². The summed E-state index contributed by atoms with van der Waals surface area (Å²) in [5, 5.41) is 9.14. The molecule has 1 aromatic heterocycles. The van der Waals surface area contributed by atoms with Crippen LogP contribution in [0.5, 0.6) is 0 Å². The summed E-state index contributed by atoms with van der Waals surface area (Å²) < 4.78 is 35.2. The number of hydrogen-bond donors (Lipinski definition) is 0. The molecule has 162 valence electrons. The summed E-state index contributed by atoms with van der Waals surface area (Å²) in [4.78, 5) is 0. The van der Waals surface area contributed by atoms with Crippen molar-refractivity contribution in [3.8, 4) is 0 Å². The number of aromatic nitrogens is 2. The first-order valence-electron chi connectivity index (χ1n) is 8.76. The van der Waals surface area contributed by atoms with Crippen LogP contribution in [0, 0.1) is 66.9 Å². The van der Waals surface area contributed by atoms with Crippen LogP contribution in [0.3, 0.4) is 0 Å². The van der Waals surface area contributed by atoms with Gasteiger partial charge in [0.2, 0.25) is 10.4 Å². The third-order valence-corrected chi connectivity index (χ3v) is 5.94. The Labute approximate surface area is 186 Å². The van der Waals surface area contributed by atoms with Gasteiger partial charge in [0.05, 0.1) is 21.2 Å². The van der Waals surface area contributed by atoms with Crippen molar-refractivity contribution in [1.82, 2.24) is 4.57 Å². The van der Waals surface area contributed by atoms with Gasteiger partial charge in [-0.3, -0.25) is 4.18 Å². The van der Waals surface area contributed by atoms with E-state index in [0.717, 1.165) is 18.7 Å². The van der Waals surface area contributed by atoms with Crippen LogP contribution < -0.4 is 4.57 Å². The van der Waals surface area contributed by atoms with E-state index in [1.165, 1.54) is 39.2 Å². The van der Waals surface area contributed by atoms with Gasteiger partial charge in [0, 0.05) is 23.6 Å². The molecular weight excluding hydrogens is 392 g/mol. The van der Waals surface area contributed by atoms with Crippen LogP contribution in [0.15, 0.2) is 10.2 Å². The Balaban J connectivity index is -0.000000772. The molecule has 2 rings (SSSR count). The zero-order valence-electron chi connectivity index (χ0n) is 20.5. The number of nitrogens with zero attached hydrogens (tertiary/aromatic N) is 4. The van der Waals surface area contributed by atoms with Crippen LogP contribution >= 0.6 is 0 Å². The van der Waals surface area contributed by atoms with Crippen molar-refractivity contribution < 1.29 is 40.2 Å². The average Bonchev–Trinajstić information content (AvgIpc) is 2.82. The van der Waals surface area contributed by atoms with Crippen molar-refractivity contribution in [3.63, 3.8) is 0 Å². The molecular formula is C19H30He3N4O4S. The molecule has 0 spiro atoms. The molecule has 0 N–H and O–H groups in total. The first-order chi connectivity index (χ1) is 12.7. The smallest absolute Gasteiger partial charge is 0.421 e. The quantitative estimate of drug-likeness (QED) is 0.327. The Morgan fingerprint density at radius 1 is 0.839 bits per heavy atom.